The Morgan fingerprint density at radius 1 is 1.18 bits per heavy atom. The Labute approximate surface area is 128 Å². The van der Waals surface area contributed by atoms with Gasteiger partial charge in [-0.25, -0.2) is 13.8 Å². The average molecular weight is 319 g/mol. The van der Waals surface area contributed by atoms with Crippen molar-refractivity contribution >= 4 is 28.7 Å². The molecular formula is C15H11F2N3OS. The predicted octanol–water partition coefficient (Wildman–Crippen LogP) is 3.23. The number of imidazole rings is 1. The summed E-state index contributed by atoms with van der Waals surface area (Å²) in [6, 6.07) is 9.06. The van der Waals surface area contributed by atoms with E-state index in [1.807, 2.05) is 0 Å². The summed E-state index contributed by atoms with van der Waals surface area (Å²) in [4.78, 5) is 18.1. The molecule has 0 fully saturated rings. The number of carbonyl (C=O) groups is 1. The zero-order chi connectivity index (χ0) is 15.7. The standard InChI is InChI=1S/C15H11F2N3OS/c16-10-5-12-13(6-11(10)17)20-15(19-12)22-7-8-1-3-9(4-2-8)14(18)21/h1-6H,7H2,(H2,18,21)(H,19,20). The number of hydrogen-bond donors (Lipinski definition) is 2. The zero-order valence-corrected chi connectivity index (χ0v) is 12.1. The molecule has 3 aromatic rings. The summed E-state index contributed by atoms with van der Waals surface area (Å²) in [5.74, 6) is -1.70. The van der Waals surface area contributed by atoms with E-state index in [2.05, 4.69) is 9.97 Å². The summed E-state index contributed by atoms with van der Waals surface area (Å²) in [5, 5.41) is 0.568. The highest BCUT2D eigenvalue weighted by Gasteiger charge is 2.09. The van der Waals surface area contributed by atoms with Gasteiger partial charge >= 0.3 is 0 Å². The first-order valence-electron chi connectivity index (χ1n) is 6.39. The fraction of sp³-hybridized carbons (Fsp3) is 0.0667. The van der Waals surface area contributed by atoms with Gasteiger partial charge in [0.05, 0.1) is 11.0 Å². The lowest BCUT2D eigenvalue weighted by molar-refractivity contribution is 0.100. The summed E-state index contributed by atoms with van der Waals surface area (Å²) in [5.41, 5.74) is 7.43. The van der Waals surface area contributed by atoms with Crippen LogP contribution in [0.15, 0.2) is 41.6 Å². The molecule has 22 heavy (non-hydrogen) atoms. The minimum atomic E-state index is -0.919. The number of carbonyl (C=O) groups excluding carboxylic acids is 1. The maximum Gasteiger partial charge on any atom is 0.248 e. The summed E-state index contributed by atoms with van der Waals surface area (Å²) >= 11 is 1.40. The second kappa shape index (κ2) is 5.76. The number of nitrogens with zero attached hydrogens (tertiary/aromatic N) is 1. The van der Waals surface area contributed by atoms with Gasteiger partial charge in [0, 0.05) is 23.4 Å². The van der Waals surface area contributed by atoms with Crippen molar-refractivity contribution in [1.29, 1.82) is 0 Å². The Bertz CT molecular complexity index is 807. The monoisotopic (exact) mass is 319 g/mol. The Hall–Kier alpha value is -2.41. The Balaban J connectivity index is 1.74. The molecule has 0 radical (unpaired) electrons. The summed E-state index contributed by atoms with van der Waals surface area (Å²) in [6.07, 6.45) is 0. The third kappa shape index (κ3) is 2.94. The van der Waals surface area contributed by atoms with Crippen molar-refractivity contribution in [2.24, 2.45) is 5.73 Å². The molecule has 0 saturated carbocycles. The van der Waals surface area contributed by atoms with Crippen LogP contribution in [0.1, 0.15) is 15.9 Å². The minimum absolute atomic E-state index is 0.380. The van der Waals surface area contributed by atoms with E-state index in [1.54, 1.807) is 24.3 Å². The molecule has 0 bridgehead atoms. The number of aromatic amines is 1. The van der Waals surface area contributed by atoms with Crippen molar-refractivity contribution in [3.63, 3.8) is 0 Å². The molecule has 1 heterocycles. The van der Waals surface area contributed by atoms with E-state index in [9.17, 15) is 13.6 Å². The van der Waals surface area contributed by atoms with Gasteiger partial charge in [-0.05, 0) is 17.7 Å². The quantitative estimate of drug-likeness (QED) is 0.725. The number of amides is 1. The molecule has 0 aliphatic carbocycles. The number of nitrogens with two attached hydrogens (primary N) is 1. The second-order valence-corrected chi connectivity index (χ2v) is 5.64. The van der Waals surface area contributed by atoms with Crippen molar-refractivity contribution in [3.8, 4) is 0 Å². The smallest absolute Gasteiger partial charge is 0.248 e. The number of thioether (sulfide) groups is 1. The van der Waals surface area contributed by atoms with E-state index in [1.165, 1.54) is 11.8 Å². The average Bonchev–Trinajstić information content (AvgIpc) is 2.88. The molecule has 0 aliphatic rings. The maximum absolute atomic E-state index is 13.1. The molecule has 1 amide bonds. The summed E-state index contributed by atoms with van der Waals surface area (Å²) in [7, 11) is 0. The number of H-pyrrole nitrogens is 1. The van der Waals surface area contributed by atoms with Crippen LogP contribution in [-0.2, 0) is 5.75 Å². The van der Waals surface area contributed by atoms with Crippen LogP contribution in [0, 0.1) is 11.6 Å². The first kappa shape index (κ1) is 14.5. The first-order chi connectivity index (χ1) is 10.5. The number of nitrogens with one attached hydrogen (secondary N) is 1. The van der Waals surface area contributed by atoms with Gasteiger partial charge in [-0.3, -0.25) is 4.79 Å². The largest absolute Gasteiger partial charge is 0.366 e. The molecule has 3 N–H and O–H groups in total. The lowest BCUT2D eigenvalue weighted by Crippen LogP contribution is -2.10. The number of halogens is 2. The molecular weight excluding hydrogens is 308 g/mol. The maximum atomic E-state index is 13.1. The van der Waals surface area contributed by atoms with E-state index in [4.69, 9.17) is 5.73 Å². The molecule has 0 atom stereocenters. The van der Waals surface area contributed by atoms with Gasteiger partial charge in [0.15, 0.2) is 16.8 Å². The Kier molecular flexibility index (Phi) is 3.81. The van der Waals surface area contributed by atoms with Crippen LogP contribution in [0.5, 0.6) is 0 Å². The van der Waals surface area contributed by atoms with Crippen LogP contribution >= 0.6 is 11.8 Å². The molecule has 0 spiro atoms. The number of aromatic nitrogens is 2. The van der Waals surface area contributed by atoms with Crippen LogP contribution in [-0.4, -0.2) is 15.9 Å². The Morgan fingerprint density at radius 2 is 1.86 bits per heavy atom. The van der Waals surface area contributed by atoms with Gasteiger partial charge in [0.25, 0.3) is 0 Å². The van der Waals surface area contributed by atoms with Crippen LogP contribution in [0.25, 0.3) is 11.0 Å². The third-order valence-electron chi connectivity index (χ3n) is 3.12. The van der Waals surface area contributed by atoms with Gasteiger partial charge in [0.2, 0.25) is 5.91 Å². The number of primary amides is 1. The lowest BCUT2D eigenvalue weighted by Gasteiger charge is -2.00. The number of rotatable bonds is 4. The highest BCUT2D eigenvalue weighted by molar-refractivity contribution is 7.98. The van der Waals surface area contributed by atoms with Crippen molar-refractivity contribution in [1.82, 2.24) is 9.97 Å². The molecule has 0 aliphatic heterocycles. The Morgan fingerprint density at radius 3 is 2.55 bits per heavy atom. The highest BCUT2D eigenvalue weighted by atomic mass is 32.2. The number of benzene rings is 2. The third-order valence-corrected chi connectivity index (χ3v) is 4.06. The van der Waals surface area contributed by atoms with Crippen molar-refractivity contribution < 1.29 is 13.6 Å². The van der Waals surface area contributed by atoms with Crippen molar-refractivity contribution in [2.45, 2.75) is 10.9 Å². The topological polar surface area (TPSA) is 71.8 Å². The lowest BCUT2D eigenvalue weighted by atomic mass is 10.1. The van der Waals surface area contributed by atoms with Gasteiger partial charge < -0.3 is 10.7 Å². The highest BCUT2D eigenvalue weighted by Crippen LogP contribution is 2.24. The molecule has 4 nitrogen and oxygen atoms in total. The van der Waals surface area contributed by atoms with Crippen LogP contribution in [0.2, 0.25) is 0 Å². The normalized spacial score (nSPS) is 11.0. The molecule has 7 heteroatoms. The SMILES string of the molecule is NC(=O)c1ccc(CSc2nc3cc(F)c(F)cc3[nH]2)cc1. The molecule has 0 unspecified atom stereocenters. The van der Waals surface area contributed by atoms with Gasteiger partial charge in [0.1, 0.15) is 0 Å². The van der Waals surface area contributed by atoms with Crippen molar-refractivity contribution in [3.05, 3.63) is 59.2 Å². The van der Waals surface area contributed by atoms with E-state index >= 15 is 0 Å². The van der Waals surface area contributed by atoms with Crippen LogP contribution in [0.3, 0.4) is 0 Å². The van der Waals surface area contributed by atoms with Gasteiger partial charge in [-0.2, -0.15) is 0 Å². The molecule has 0 saturated heterocycles. The van der Waals surface area contributed by atoms with Crippen molar-refractivity contribution in [2.75, 3.05) is 0 Å². The van der Waals surface area contributed by atoms with Gasteiger partial charge in [-0.1, -0.05) is 23.9 Å². The number of fused-ring (bicyclic) bond motifs is 1. The zero-order valence-electron chi connectivity index (χ0n) is 11.3. The molecule has 2 aromatic carbocycles. The second-order valence-electron chi connectivity index (χ2n) is 4.68. The summed E-state index contributed by atoms with van der Waals surface area (Å²) in [6.45, 7) is 0. The van der Waals surface area contributed by atoms with Crippen LogP contribution in [0.4, 0.5) is 8.78 Å². The fourth-order valence-electron chi connectivity index (χ4n) is 1.97. The molecule has 1 aromatic heterocycles. The van der Waals surface area contributed by atoms with E-state index in [0.717, 1.165) is 17.7 Å². The van der Waals surface area contributed by atoms with Gasteiger partial charge in [-0.15, -0.1) is 0 Å². The predicted molar refractivity (Wildman–Crippen MR) is 80.5 cm³/mol. The van der Waals surface area contributed by atoms with E-state index < -0.39 is 17.5 Å². The molecule has 3 rings (SSSR count). The fourth-order valence-corrected chi connectivity index (χ4v) is 2.81. The van der Waals surface area contributed by atoms with Crippen LogP contribution < -0.4 is 5.73 Å². The summed E-state index contributed by atoms with van der Waals surface area (Å²) < 4.78 is 26.3. The molecule has 112 valence electrons. The van der Waals surface area contributed by atoms with E-state index in [0.29, 0.717) is 27.5 Å². The minimum Gasteiger partial charge on any atom is -0.366 e. The number of hydrogen-bond acceptors (Lipinski definition) is 3. The first-order valence-corrected chi connectivity index (χ1v) is 7.38. The van der Waals surface area contributed by atoms with E-state index in [-0.39, 0.29) is 0 Å².